The molecular weight excluding hydrogens is 334 g/mol. The second-order valence-electron chi connectivity index (χ2n) is 7.14. The zero-order valence-corrected chi connectivity index (χ0v) is 15.7. The van der Waals surface area contributed by atoms with Gasteiger partial charge in [-0.25, -0.2) is 14.8 Å². The number of nitrogens with one attached hydrogen (secondary N) is 2. The molecule has 1 atom stereocenters. The Morgan fingerprint density at radius 1 is 1.42 bits per heavy atom. The van der Waals surface area contributed by atoms with Crippen molar-refractivity contribution in [3.05, 3.63) is 12.4 Å². The molecule has 0 bridgehead atoms. The number of hydrogen-bond acceptors (Lipinski definition) is 6. The minimum absolute atomic E-state index is 0.000781. The third kappa shape index (κ3) is 4.97. The molecule has 1 aromatic heterocycles. The number of amides is 2. The predicted octanol–water partition coefficient (Wildman–Crippen LogP) is 2.03. The van der Waals surface area contributed by atoms with Crippen LogP contribution in [0.5, 0.6) is 5.88 Å². The molecule has 1 aromatic rings. The highest BCUT2D eigenvalue weighted by atomic mass is 16.5. The van der Waals surface area contributed by atoms with Gasteiger partial charge in [0.05, 0.1) is 12.2 Å². The van der Waals surface area contributed by atoms with Crippen LogP contribution in [0.1, 0.15) is 39.5 Å². The molecule has 3 heterocycles. The Balaban J connectivity index is 1.42. The number of rotatable bonds is 6. The van der Waals surface area contributed by atoms with Crippen molar-refractivity contribution in [1.82, 2.24) is 20.2 Å². The highest BCUT2D eigenvalue weighted by Gasteiger charge is 2.31. The first-order chi connectivity index (χ1) is 12.6. The summed E-state index contributed by atoms with van der Waals surface area (Å²) in [5.41, 5.74) is -0.208. The molecule has 0 aromatic carbocycles. The molecule has 2 amide bonds. The minimum atomic E-state index is -0.208. The molecule has 3 rings (SSSR count). The molecule has 8 heteroatoms. The lowest BCUT2D eigenvalue weighted by molar-refractivity contribution is 0.0217. The van der Waals surface area contributed by atoms with Crippen LogP contribution in [0.3, 0.4) is 0 Å². The van der Waals surface area contributed by atoms with Gasteiger partial charge in [0.2, 0.25) is 5.88 Å². The zero-order valence-electron chi connectivity index (χ0n) is 15.7. The number of nitrogens with zero attached hydrogens (tertiary/aromatic N) is 3. The van der Waals surface area contributed by atoms with Gasteiger partial charge in [-0.05, 0) is 39.5 Å². The van der Waals surface area contributed by atoms with Crippen molar-refractivity contribution in [2.45, 2.75) is 51.2 Å². The van der Waals surface area contributed by atoms with Gasteiger partial charge in [0.1, 0.15) is 12.1 Å². The fourth-order valence-corrected chi connectivity index (χ4v) is 3.43. The van der Waals surface area contributed by atoms with Gasteiger partial charge < -0.3 is 25.0 Å². The number of aromatic nitrogens is 2. The second-order valence-corrected chi connectivity index (χ2v) is 7.14. The fraction of sp³-hybridized carbons (Fsp3) is 0.722. The number of likely N-dealkylation sites (tertiary alicyclic amines) is 1. The lowest BCUT2D eigenvalue weighted by Gasteiger charge is -2.33. The van der Waals surface area contributed by atoms with Crippen LogP contribution in [-0.2, 0) is 4.74 Å². The summed E-state index contributed by atoms with van der Waals surface area (Å²) in [6, 6.07) is 2.10. The quantitative estimate of drug-likeness (QED) is 0.804. The summed E-state index contributed by atoms with van der Waals surface area (Å²) in [6.07, 6.45) is 5.34. The molecule has 0 saturated carbocycles. The van der Waals surface area contributed by atoms with Gasteiger partial charge in [-0.2, -0.15) is 0 Å². The molecule has 2 saturated heterocycles. The molecular formula is C18H29N5O3. The van der Waals surface area contributed by atoms with Crippen molar-refractivity contribution < 1.29 is 14.3 Å². The first-order valence-electron chi connectivity index (χ1n) is 9.46. The summed E-state index contributed by atoms with van der Waals surface area (Å²) in [7, 11) is 0. The number of piperidine rings is 1. The van der Waals surface area contributed by atoms with Gasteiger partial charge in [0.15, 0.2) is 0 Å². The highest BCUT2D eigenvalue weighted by Crippen LogP contribution is 2.24. The summed E-state index contributed by atoms with van der Waals surface area (Å²) in [5, 5.41) is 6.44. The molecule has 2 N–H and O–H groups in total. The number of hydrogen-bond donors (Lipinski definition) is 2. The smallest absolute Gasteiger partial charge is 0.317 e. The molecule has 8 nitrogen and oxygen atoms in total. The van der Waals surface area contributed by atoms with Crippen molar-refractivity contribution in [3.8, 4) is 5.88 Å². The van der Waals surface area contributed by atoms with Crippen molar-refractivity contribution in [2.24, 2.45) is 0 Å². The Bertz CT molecular complexity index is 598. The van der Waals surface area contributed by atoms with E-state index in [1.165, 1.54) is 6.33 Å². The van der Waals surface area contributed by atoms with E-state index in [1.54, 1.807) is 0 Å². The normalized spacial score (nSPS) is 23.7. The Morgan fingerprint density at radius 2 is 2.23 bits per heavy atom. The number of urea groups is 1. The van der Waals surface area contributed by atoms with E-state index in [-0.39, 0.29) is 11.6 Å². The standard InChI is InChI=1S/C18H29N5O3/c1-3-25-16-11-15(20-13-21-16)22-14-5-8-23(9-6-14)17(24)19-12-18(2)7-4-10-26-18/h11,13-14H,3-10,12H2,1-2H3,(H,19,24)(H,20,21,22). The number of ether oxygens (including phenoxy) is 2. The van der Waals surface area contributed by atoms with Crippen LogP contribution in [0.25, 0.3) is 0 Å². The molecule has 0 aliphatic carbocycles. The fourth-order valence-electron chi connectivity index (χ4n) is 3.43. The van der Waals surface area contributed by atoms with Crippen LogP contribution in [0, 0.1) is 0 Å². The lowest BCUT2D eigenvalue weighted by Crippen LogP contribution is -2.50. The van der Waals surface area contributed by atoms with Crippen LogP contribution < -0.4 is 15.4 Å². The van der Waals surface area contributed by atoms with E-state index < -0.39 is 0 Å². The molecule has 1 unspecified atom stereocenters. The van der Waals surface area contributed by atoms with E-state index in [1.807, 2.05) is 17.9 Å². The maximum Gasteiger partial charge on any atom is 0.317 e. The summed E-state index contributed by atoms with van der Waals surface area (Å²) < 4.78 is 11.1. The summed E-state index contributed by atoms with van der Waals surface area (Å²) in [4.78, 5) is 22.6. The monoisotopic (exact) mass is 363 g/mol. The first kappa shape index (κ1) is 18.7. The van der Waals surface area contributed by atoms with Crippen molar-refractivity contribution >= 4 is 11.8 Å². The van der Waals surface area contributed by atoms with Gasteiger partial charge in [-0.3, -0.25) is 0 Å². The predicted molar refractivity (Wildman–Crippen MR) is 98.4 cm³/mol. The Kier molecular flexibility index (Phi) is 6.13. The van der Waals surface area contributed by atoms with Crippen molar-refractivity contribution in [1.29, 1.82) is 0 Å². The highest BCUT2D eigenvalue weighted by molar-refractivity contribution is 5.74. The lowest BCUT2D eigenvalue weighted by atomic mass is 10.0. The molecule has 0 radical (unpaired) electrons. The van der Waals surface area contributed by atoms with E-state index in [4.69, 9.17) is 9.47 Å². The topological polar surface area (TPSA) is 88.6 Å². The van der Waals surface area contributed by atoms with E-state index in [0.717, 1.165) is 51.2 Å². The Hall–Kier alpha value is -2.09. The van der Waals surface area contributed by atoms with Crippen LogP contribution in [0.2, 0.25) is 0 Å². The minimum Gasteiger partial charge on any atom is -0.478 e. The Morgan fingerprint density at radius 3 is 2.92 bits per heavy atom. The largest absolute Gasteiger partial charge is 0.478 e. The van der Waals surface area contributed by atoms with Crippen LogP contribution >= 0.6 is 0 Å². The van der Waals surface area contributed by atoms with Crippen LogP contribution in [0.4, 0.5) is 10.6 Å². The third-order valence-corrected chi connectivity index (χ3v) is 4.98. The van der Waals surface area contributed by atoms with Crippen LogP contribution in [-0.4, -0.2) is 65.4 Å². The van der Waals surface area contributed by atoms with Gasteiger partial charge >= 0.3 is 6.03 Å². The number of anilines is 1. The van der Waals surface area contributed by atoms with Gasteiger partial charge in [0.25, 0.3) is 0 Å². The van der Waals surface area contributed by atoms with Crippen LogP contribution in [0.15, 0.2) is 12.4 Å². The number of carbonyl (C=O) groups excluding carboxylic acids is 1. The molecule has 2 aliphatic rings. The van der Waals surface area contributed by atoms with Crippen molar-refractivity contribution in [3.63, 3.8) is 0 Å². The molecule has 2 fully saturated rings. The van der Waals surface area contributed by atoms with E-state index in [0.29, 0.717) is 25.1 Å². The summed E-state index contributed by atoms with van der Waals surface area (Å²) in [5.74, 6) is 1.34. The average Bonchev–Trinajstić information content (AvgIpc) is 3.08. The third-order valence-electron chi connectivity index (χ3n) is 4.98. The SMILES string of the molecule is CCOc1cc(NC2CCN(C(=O)NCC3(C)CCCO3)CC2)ncn1. The zero-order chi connectivity index (χ0) is 18.4. The van der Waals surface area contributed by atoms with Gasteiger partial charge in [-0.15, -0.1) is 0 Å². The maximum absolute atomic E-state index is 12.4. The van der Waals surface area contributed by atoms with Crippen molar-refractivity contribution in [2.75, 3.05) is 38.2 Å². The second kappa shape index (κ2) is 8.53. The summed E-state index contributed by atoms with van der Waals surface area (Å²) >= 11 is 0. The van der Waals surface area contributed by atoms with E-state index in [9.17, 15) is 4.79 Å². The molecule has 144 valence electrons. The summed E-state index contributed by atoms with van der Waals surface area (Å²) in [6.45, 7) is 7.38. The average molecular weight is 363 g/mol. The van der Waals surface area contributed by atoms with E-state index >= 15 is 0 Å². The maximum atomic E-state index is 12.4. The van der Waals surface area contributed by atoms with E-state index in [2.05, 4.69) is 27.5 Å². The molecule has 26 heavy (non-hydrogen) atoms. The van der Waals surface area contributed by atoms with Gasteiger partial charge in [-0.1, -0.05) is 0 Å². The Labute approximate surface area is 154 Å². The van der Waals surface area contributed by atoms with Gasteiger partial charge in [0, 0.05) is 38.3 Å². The number of carbonyl (C=O) groups is 1. The molecule has 2 aliphatic heterocycles. The first-order valence-corrected chi connectivity index (χ1v) is 9.46. The molecule has 0 spiro atoms.